The highest BCUT2D eigenvalue weighted by Crippen LogP contribution is 2.17. The van der Waals surface area contributed by atoms with Gasteiger partial charge in [0.1, 0.15) is 0 Å². The number of nitrogens with zero attached hydrogens (tertiary/aromatic N) is 2. The fourth-order valence-electron chi connectivity index (χ4n) is 2.00. The minimum Gasteiger partial charge on any atom is -0.339 e. The van der Waals surface area contributed by atoms with E-state index in [0.717, 1.165) is 0 Å². The Morgan fingerprint density at radius 1 is 1.11 bits per heavy atom. The topological polar surface area (TPSA) is 57.7 Å². The predicted octanol–water partition coefficient (Wildman–Crippen LogP) is 0.914. The molecule has 0 radical (unpaired) electrons. The summed E-state index contributed by atoms with van der Waals surface area (Å²) in [5.74, 6) is -0.00300. The summed E-state index contributed by atoms with van der Waals surface area (Å²) in [6.45, 7) is 1.57. The van der Waals surface area contributed by atoms with Crippen LogP contribution in [0.2, 0.25) is 0 Å². The van der Waals surface area contributed by atoms with E-state index in [4.69, 9.17) is 0 Å². The van der Waals surface area contributed by atoms with Crippen LogP contribution in [0.25, 0.3) is 0 Å². The SMILES string of the molecule is O=C(CBr)N1CCN(S(=O)(=O)c2ccccc2)CC1. The first-order valence-electron chi connectivity index (χ1n) is 5.94. The first kappa shape index (κ1) is 14.5. The van der Waals surface area contributed by atoms with E-state index in [0.29, 0.717) is 31.1 Å². The number of hydrogen-bond donors (Lipinski definition) is 0. The Morgan fingerprint density at radius 3 is 2.21 bits per heavy atom. The van der Waals surface area contributed by atoms with Crippen LogP contribution < -0.4 is 0 Å². The molecule has 1 fully saturated rings. The molecule has 0 unspecified atom stereocenters. The molecule has 7 heteroatoms. The van der Waals surface area contributed by atoms with Crippen molar-refractivity contribution in [2.24, 2.45) is 0 Å². The van der Waals surface area contributed by atoms with Crippen LogP contribution in [0.1, 0.15) is 0 Å². The second-order valence-electron chi connectivity index (χ2n) is 4.23. The molecule has 0 saturated carbocycles. The minimum absolute atomic E-state index is 0.00300. The zero-order chi connectivity index (χ0) is 13.9. The van der Waals surface area contributed by atoms with Crippen molar-refractivity contribution < 1.29 is 13.2 Å². The Bertz CT molecular complexity index is 539. The van der Waals surface area contributed by atoms with Crippen LogP contribution in [0.3, 0.4) is 0 Å². The first-order valence-corrected chi connectivity index (χ1v) is 8.51. The molecule has 104 valence electrons. The number of carbonyl (C=O) groups excluding carboxylic acids is 1. The average Bonchev–Trinajstić information content (AvgIpc) is 2.47. The van der Waals surface area contributed by atoms with Gasteiger partial charge in [0.05, 0.1) is 10.2 Å². The molecule has 1 aliphatic heterocycles. The van der Waals surface area contributed by atoms with E-state index in [9.17, 15) is 13.2 Å². The molecule has 1 saturated heterocycles. The van der Waals surface area contributed by atoms with Gasteiger partial charge >= 0.3 is 0 Å². The summed E-state index contributed by atoms with van der Waals surface area (Å²) in [5, 5.41) is 0.276. The lowest BCUT2D eigenvalue weighted by Crippen LogP contribution is -2.50. The normalized spacial score (nSPS) is 17.4. The Labute approximate surface area is 121 Å². The number of rotatable bonds is 3. The lowest BCUT2D eigenvalue weighted by Gasteiger charge is -2.33. The molecule has 1 amide bonds. The number of alkyl halides is 1. The largest absolute Gasteiger partial charge is 0.339 e. The van der Waals surface area contributed by atoms with E-state index in [-0.39, 0.29) is 11.2 Å². The van der Waals surface area contributed by atoms with Gasteiger partial charge in [-0.3, -0.25) is 4.79 Å². The highest BCUT2D eigenvalue weighted by atomic mass is 79.9. The van der Waals surface area contributed by atoms with Crippen molar-refractivity contribution in [3.05, 3.63) is 30.3 Å². The molecule has 1 aliphatic rings. The summed E-state index contributed by atoms with van der Waals surface area (Å²) in [7, 11) is -3.43. The summed E-state index contributed by atoms with van der Waals surface area (Å²) in [6.07, 6.45) is 0. The third-order valence-corrected chi connectivity index (χ3v) is 5.48. The molecule has 0 bridgehead atoms. The number of amides is 1. The molecule has 0 atom stereocenters. The van der Waals surface area contributed by atoms with Gasteiger partial charge in [-0.1, -0.05) is 34.1 Å². The number of halogens is 1. The van der Waals surface area contributed by atoms with Gasteiger partial charge in [-0.15, -0.1) is 0 Å². The van der Waals surface area contributed by atoms with Crippen LogP contribution >= 0.6 is 15.9 Å². The third kappa shape index (κ3) is 3.16. The molecule has 0 aromatic heterocycles. The predicted molar refractivity (Wildman–Crippen MR) is 75.6 cm³/mol. The Balaban J connectivity index is 2.08. The van der Waals surface area contributed by atoms with Crippen molar-refractivity contribution in [2.75, 3.05) is 31.5 Å². The van der Waals surface area contributed by atoms with Crippen molar-refractivity contribution in [1.29, 1.82) is 0 Å². The summed E-state index contributed by atoms with van der Waals surface area (Å²) in [4.78, 5) is 13.5. The van der Waals surface area contributed by atoms with E-state index in [2.05, 4.69) is 15.9 Å². The van der Waals surface area contributed by atoms with Crippen LogP contribution in [-0.2, 0) is 14.8 Å². The molecule has 1 aromatic rings. The molecule has 0 spiro atoms. The standard InChI is InChI=1S/C12H15BrN2O3S/c13-10-12(16)14-6-8-15(9-7-14)19(17,18)11-4-2-1-3-5-11/h1-5H,6-10H2. The highest BCUT2D eigenvalue weighted by molar-refractivity contribution is 9.09. The molecule has 19 heavy (non-hydrogen) atoms. The van der Waals surface area contributed by atoms with Gasteiger partial charge < -0.3 is 4.90 Å². The summed E-state index contributed by atoms with van der Waals surface area (Å²) >= 11 is 3.12. The monoisotopic (exact) mass is 346 g/mol. The Kier molecular flexibility index (Phi) is 4.59. The van der Waals surface area contributed by atoms with Gasteiger partial charge in [0.15, 0.2) is 0 Å². The van der Waals surface area contributed by atoms with Crippen molar-refractivity contribution in [1.82, 2.24) is 9.21 Å². The van der Waals surface area contributed by atoms with E-state index in [1.165, 1.54) is 4.31 Å². The minimum atomic E-state index is -3.43. The van der Waals surface area contributed by atoms with Crippen LogP contribution in [0.5, 0.6) is 0 Å². The zero-order valence-electron chi connectivity index (χ0n) is 10.3. The molecular weight excluding hydrogens is 332 g/mol. The van der Waals surface area contributed by atoms with Crippen molar-refractivity contribution in [3.63, 3.8) is 0 Å². The lowest BCUT2D eigenvalue weighted by atomic mass is 10.3. The molecular formula is C12H15BrN2O3S. The van der Waals surface area contributed by atoms with Gasteiger partial charge in [-0.2, -0.15) is 4.31 Å². The van der Waals surface area contributed by atoms with Crippen molar-refractivity contribution in [2.45, 2.75) is 4.90 Å². The molecule has 0 N–H and O–H groups in total. The number of piperazine rings is 1. The first-order chi connectivity index (χ1) is 9.05. The number of benzene rings is 1. The third-order valence-electron chi connectivity index (χ3n) is 3.09. The van der Waals surface area contributed by atoms with Gasteiger partial charge in [-0.25, -0.2) is 8.42 Å². The maximum atomic E-state index is 12.3. The summed E-state index contributed by atoms with van der Waals surface area (Å²) in [6, 6.07) is 8.37. The van der Waals surface area contributed by atoms with Gasteiger partial charge in [-0.05, 0) is 12.1 Å². The molecule has 1 heterocycles. The van der Waals surface area contributed by atoms with E-state index in [1.54, 1.807) is 35.2 Å². The summed E-state index contributed by atoms with van der Waals surface area (Å²) < 4.78 is 26.1. The Morgan fingerprint density at radius 2 is 1.68 bits per heavy atom. The summed E-state index contributed by atoms with van der Waals surface area (Å²) in [5.41, 5.74) is 0. The van der Waals surface area contributed by atoms with E-state index >= 15 is 0 Å². The van der Waals surface area contributed by atoms with E-state index in [1.807, 2.05) is 0 Å². The number of carbonyl (C=O) groups is 1. The quantitative estimate of drug-likeness (QED) is 0.764. The fourth-order valence-corrected chi connectivity index (χ4v) is 3.80. The van der Waals surface area contributed by atoms with Gasteiger partial charge in [0, 0.05) is 26.2 Å². The Hall–Kier alpha value is -0.920. The molecule has 1 aromatic carbocycles. The molecule has 2 rings (SSSR count). The average molecular weight is 347 g/mol. The number of sulfonamides is 1. The number of hydrogen-bond acceptors (Lipinski definition) is 3. The fraction of sp³-hybridized carbons (Fsp3) is 0.417. The molecule has 5 nitrogen and oxygen atoms in total. The van der Waals surface area contributed by atoms with Crippen LogP contribution in [0.15, 0.2) is 35.2 Å². The zero-order valence-corrected chi connectivity index (χ0v) is 12.7. The maximum Gasteiger partial charge on any atom is 0.243 e. The second kappa shape index (κ2) is 6.02. The maximum absolute atomic E-state index is 12.3. The molecule has 0 aliphatic carbocycles. The van der Waals surface area contributed by atoms with Crippen molar-refractivity contribution >= 4 is 31.9 Å². The highest BCUT2D eigenvalue weighted by Gasteiger charge is 2.29. The van der Waals surface area contributed by atoms with E-state index < -0.39 is 10.0 Å². The van der Waals surface area contributed by atoms with Crippen molar-refractivity contribution in [3.8, 4) is 0 Å². The smallest absolute Gasteiger partial charge is 0.243 e. The van der Waals surface area contributed by atoms with Crippen LogP contribution in [0.4, 0.5) is 0 Å². The second-order valence-corrected chi connectivity index (χ2v) is 6.73. The van der Waals surface area contributed by atoms with Crippen LogP contribution in [0, 0.1) is 0 Å². The van der Waals surface area contributed by atoms with Gasteiger partial charge in [0.2, 0.25) is 15.9 Å². The lowest BCUT2D eigenvalue weighted by molar-refractivity contribution is -0.129. The van der Waals surface area contributed by atoms with Gasteiger partial charge in [0.25, 0.3) is 0 Å². The van der Waals surface area contributed by atoms with Crippen LogP contribution in [-0.4, -0.2) is 55.0 Å².